The Morgan fingerprint density at radius 1 is 1.07 bits per heavy atom. The molecular weight excluding hydrogens is 276 g/mol. The van der Waals surface area contributed by atoms with Gasteiger partial charge in [-0.15, -0.1) is 0 Å². The normalized spacial score (nSPS) is 9.13. The van der Waals surface area contributed by atoms with Crippen LogP contribution in [0.1, 0.15) is 0 Å². The van der Waals surface area contributed by atoms with Crippen molar-refractivity contribution in [3.8, 4) is 0 Å². The van der Waals surface area contributed by atoms with E-state index in [4.69, 9.17) is 15.7 Å². The summed E-state index contributed by atoms with van der Waals surface area (Å²) in [6.45, 7) is 0. The average molecular weight is 281 g/mol. The minimum absolute atomic E-state index is 0. The van der Waals surface area contributed by atoms with Crippen molar-refractivity contribution in [1.29, 1.82) is 0 Å². The van der Waals surface area contributed by atoms with Gasteiger partial charge in [0.1, 0.15) is 0 Å². The number of nitro benzene ring substituents is 1. The molecule has 1 aromatic carbocycles. The summed E-state index contributed by atoms with van der Waals surface area (Å²) in [5.74, 6) is 0. The Hall–Kier alpha value is 0.136. The summed E-state index contributed by atoms with van der Waals surface area (Å²) in [6, 6.07) is 7.93. The van der Waals surface area contributed by atoms with E-state index >= 15 is 0 Å². The minimum atomic E-state index is -5.62. The number of benzene rings is 1. The number of nitro groups is 1. The van der Waals surface area contributed by atoms with Gasteiger partial charge in [0.05, 0.1) is 4.92 Å². The van der Waals surface area contributed by atoms with Gasteiger partial charge in [-0.1, -0.05) is 18.2 Å². The van der Waals surface area contributed by atoms with Crippen molar-refractivity contribution < 1.29 is 85.0 Å². The summed E-state index contributed by atoms with van der Waals surface area (Å²) >= 11 is -5.62. The molecule has 0 aliphatic carbocycles. The molecule has 78 valence electrons. The Morgan fingerprint density at radius 2 is 1.40 bits per heavy atom. The van der Waals surface area contributed by atoms with Crippen LogP contribution in [0.2, 0.25) is 0 Å². The predicted molar refractivity (Wildman–Crippen MR) is 35.2 cm³/mol. The fourth-order valence-electron chi connectivity index (χ4n) is 0.550. The SMILES string of the molecule is O=[N+]([O-])c1ccccc1.[K+].[O]=[Mn](=[O])(=[O])[O-]. The van der Waals surface area contributed by atoms with E-state index in [9.17, 15) is 10.1 Å². The van der Waals surface area contributed by atoms with Gasteiger partial charge < -0.3 is 0 Å². The van der Waals surface area contributed by atoms with Crippen molar-refractivity contribution >= 4 is 5.69 Å². The van der Waals surface area contributed by atoms with E-state index in [0.29, 0.717) is 0 Å². The number of non-ortho nitro benzene ring substituents is 1. The molecule has 0 bridgehead atoms. The van der Waals surface area contributed by atoms with Gasteiger partial charge in [-0.2, -0.15) is 0 Å². The van der Waals surface area contributed by atoms with Crippen molar-refractivity contribution in [2.45, 2.75) is 0 Å². The van der Waals surface area contributed by atoms with Gasteiger partial charge in [0, 0.05) is 12.1 Å². The van der Waals surface area contributed by atoms with Crippen molar-refractivity contribution in [1.82, 2.24) is 0 Å². The van der Waals surface area contributed by atoms with E-state index in [-0.39, 0.29) is 57.1 Å². The van der Waals surface area contributed by atoms with Crippen LogP contribution in [0.25, 0.3) is 0 Å². The zero-order valence-electron chi connectivity index (χ0n) is 7.66. The fraction of sp³-hybridized carbons (Fsp3) is 0. The first kappa shape index (κ1) is 17.5. The van der Waals surface area contributed by atoms with Gasteiger partial charge in [-0.3, -0.25) is 10.1 Å². The molecular formula is C6H5KMnNO6. The molecule has 0 N–H and O–H groups in total. The molecule has 0 radical (unpaired) electrons. The van der Waals surface area contributed by atoms with Crippen LogP contribution in [0.15, 0.2) is 30.3 Å². The fourth-order valence-corrected chi connectivity index (χ4v) is 0.550. The Bertz CT molecular complexity index is 436. The van der Waals surface area contributed by atoms with Crippen LogP contribution in [-0.4, -0.2) is 4.92 Å². The quantitative estimate of drug-likeness (QED) is 0.308. The molecule has 1 aromatic rings. The van der Waals surface area contributed by atoms with Crippen LogP contribution in [0.5, 0.6) is 0 Å². The van der Waals surface area contributed by atoms with E-state index < -0.39 is 17.9 Å². The molecule has 7 nitrogen and oxygen atoms in total. The van der Waals surface area contributed by atoms with Crippen LogP contribution in [0.3, 0.4) is 0 Å². The zero-order chi connectivity index (χ0) is 11.2. The molecule has 0 unspecified atom stereocenters. The summed E-state index contributed by atoms with van der Waals surface area (Å²) in [4.78, 5) is 9.59. The molecule has 0 aliphatic heterocycles. The summed E-state index contributed by atoms with van der Waals surface area (Å²) in [5, 5.41) is 10.0. The van der Waals surface area contributed by atoms with E-state index in [1.165, 1.54) is 12.1 Å². The van der Waals surface area contributed by atoms with E-state index in [0.717, 1.165) is 0 Å². The Kier molecular flexibility index (Phi) is 9.71. The second kappa shape index (κ2) is 8.31. The van der Waals surface area contributed by atoms with Crippen LogP contribution in [0.4, 0.5) is 5.69 Å². The molecule has 0 amide bonds. The van der Waals surface area contributed by atoms with Crippen LogP contribution in [-0.2, 0) is 24.5 Å². The van der Waals surface area contributed by atoms with Crippen molar-refractivity contribution in [3.63, 3.8) is 0 Å². The third kappa shape index (κ3) is 14.1. The van der Waals surface area contributed by atoms with Gasteiger partial charge in [-0.05, 0) is 0 Å². The number of hydrogen-bond donors (Lipinski definition) is 0. The molecule has 0 aromatic heterocycles. The van der Waals surface area contributed by atoms with Gasteiger partial charge in [0.15, 0.2) is 0 Å². The maximum atomic E-state index is 10.0. The Labute approximate surface area is 129 Å². The first-order valence-electron chi connectivity index (χ1n) is 3.12. The topological polar surface area (TPSA) is 117 Å². The van der Waals surface area contributed by atoms with Gasteiger partial charge in [0.2, 0.25) is 0 Å². The van der Waals surface area contributed by atoms with E-state index in [1.807, 2.05) is 0 Å². The van der Waals surface area contributed by atoms with Crippen LogP contribution >= 0.6 is 0 Å². The number of para-hydroxylation sites is 1. The molecule has 15 heavy (non-hydrogen) atoms. The van der Waals surface area contributed by atoms with E-state index in [1.54, 1.807) is 18.2 Å². The molecule has 0 spiro atoms. The maximum absolute atomic E-state index is 10.0. The summed E-state index contributed by atoms with van der Waals surface area (Å²) in [5.41, 5.74) is 0.137. The molecule has 0 heterocycles. The Balaban J connectivity index is 0. The second-order valence-corrected chi connectivity index (χ2v) is 3.15. The van der Waals surface area contributed by atoms with E-state index in [2.05, 4.69) is 0 Å². The van der Waals surface area contributed by atoms with Gasteiger partial charge in [0.25, 0.3) is 5.69 Å². The summed E-state index contributed by atoms with van der Waals surface area (Å²) in [7, 11) is 0. The third-order valence-electron chi connectivity index (χ3n) is 0.967. The molecule has 0 saturated carbocycles. The summed E-state index contributed by atoms with van der Waals surface area (Å²) in [6.07, 6.45) is 0. The summed E-state index contributed by atoms with van der Waals surface area (Å²) < 4.78 is 34.3. The molecule has 0 atom stereocenters. The van der Waals surface area contributed by atoms with Gasteiger partial charge in [-0.25, -0.2) is 0 Å². The van der Waals surface area contributed by atoms with Crippen molar-refractivity contribution in [2.24, 2.45) is 0 Å². The zero-order valence-corrected chi connectivity index (χ0v) is 12.0. The third-order valence-corrected chi connectivity index (χ3v) is 0.967. The number of rotatable bonds is 1. The van der Waals surface area contributed by atoms with Crippen LogP contribution in [0, 0.1) is 10.1 Å². The molecule has 1 rings (SSSR count). The van der Waals surface area contributed by atoms with Crippen LogP contribution < -0.4 is 55.6 Å². The molecule has 0 aliphatic rings. The van der Waals surface area contributed by atoms with Crippen molar-refractivity contribution in [2.75, 3.05) is 0 Å². The Morgan fingerprint density at radius 3 is 1.60 bits per heavy atom. The first-order valence-corrected chi connectivity index (χ1v) is 5.04. The molecule has 0 fully saturated rings. The first-order chi connectivity index (χ1) is 6.30. The number of hydrogen-bond acceptors (Lipinski definition) is 6. The molecule has 9 heteroatoms. The second-order valence-electron chi connectivity index (χ2n) is 1.97. The standard InChI is InChI=1S/C6H5NO2.K.Mn.4O/c8-7(9)6-4-2-1-3-5-6;;;;;;/h1-5H;;;;;;/q;+1;;;;;-1. The van der Waals surface area contributed by atoms with Crippen molar-refractivity contribution in [3.05, 3.63) is 40.4 Å². The molecule has 0 saturated heterocycles. The predicted octanol–water partition coefficient (Wildman–Crippen LogP) is -2.95. The monoisotopic (exact) mass is 281 g/mol. The van der Waals surface area contributed by atoms with Gasteiger partial charge >= 0.3 is 80.0 Å². The number of nitrogens with zero attached hydrogens (tertiary/aromatic N) is 1. The average Bonchev–Trinajstić information content (AvgIpc) is 2.03.